The smallest absolute Gasteiger partial charge is 0.222 e. The third-order valence-electron chi connectivity index (χ3n) is 2.04. The van der Waals surface area contributed by atoms with Crippen molar-refractivity contribution < 1.29 is 0 Å². The summed E-state index contributed by atoms with van der Waals surface area (Å²) in [4.78, 5) is 12.5. The number of aromatic nitrogens is 3. The summed E-state index contributed by atoms with van der Waals surface area (Å²) < 4.78 is 0. The standard InChI is InChI=1S/C11H12N4S/c16-5-4-13-11-14-7-10(8-15-11)9-2-1-3-12-6-9/h1-3,6-8,16H,4-5H2,(H,13,14,15). The minimum Gasteiger partial charge on any atom is -0.353 e. The van der Waals surface area contributed by atoms with Gasteiger partial charge >= 0.3 is 0 Å². The number of nitrogens with one attached hydrogen (secondary N) is 1. The summed E-state index contributed by atoms with van der Waals surface area (Å²) >= 11 is 4.10. The maximum absolute atomic E-state index is 4.21. The molecule has 0 atom stereocenters. The van der Waals surface area contributed by atoms with Gasteiger partial charge in [0.2, 0.25) is 5.95 Å². The SMILES string of the molecule is SCCNc1ncc(-c2cccnc2)cn1. The van der Waals surface area contributed by atoms with Gasteiger partial charge in [-0.15, -0.1) is 0 Å². The molecule has 0 aromatic carbocycles. The van der Waals surface area contributed by atoms with Crippen LogP contribution in [0.1, 0.15) is 0 Å². The van der Waals surface area contributed by atoms with Gasteiger partial charge in [-0.3, -0.25) is 4.98 Å². The van der Waals surface area contributed by atoms with Crippen molar-refractivity contribution in [3.63, 3.8) is 0 Å². The fourth-order valence-corrected chi connectivity index (χ4v) is 1.38. The Balaban J connectivity index is 2.13. The topological polar surface area (TPSA) is 50.7 Å². The summed E-state index contributed by atoms with van der Waals surface area (Å²) in [5.74, 6) is 1.38. The number of pyridine rings is 1. The van der Waals surface area contributed by atoms with Gasteiger partial charge in [0.25, 0.3) is 0 Å². The Bertz CT molecular complexity index is 429. The van der Waals surface area contributed by atoms with Crippen molar-refractivity contribution in [2.24, 2.45) is 0 Å². The Hall–Kier alpha value is -1.62. The van der Waals surface area contributed by atoms with Crippen LogP contribution in [0, 0.1) is 0 Å². The summed E-state index contributed by atoms with van der Waals surface area (Å²) in [5.41, 5.74) is 1.98. The van der Waals surface area contributed by atoms with Crippen molar-refractivity contribution >= 4 is 18.6 Å². The van der Waals surface area contributed by atoms with Crippen LogP contribution in [0.25, 0.3) is 11.1 Å². The molecule has 2 rings (SSSR count). The van der Waals surface area contributed by atoms with E-state index in [1.165, 1.54) is 0 Å². The monoisotopic (exact) mass is 232 g/mol. The van der Waals surface area contributed by atoms with Crippen LogP contribution in [-0.4, -0.2) is 27.2 Å². The van der Waals surface area contributed by atoms with E-state index in [1.54, 1.807) is 24.8 Å². The molecule has 0 spiro atoms. The molecule has 0 aliphatic rings. The van der Waals surface area contributed by atoms with E-state index in [0.717, 1.165) is 23.4 Å². The van der Waals surface area contributed by atoms with Crippen molar-refractivity contribution in [2.75, 3.05) is 17.6 Å². The highest BCUT2D eigenvalue weighted by Gasteiger charge is 1.99. The van der Waals surface area contributed by atoms with E-state index < -0.39 is 0 Å². The van der Waals surface area contributed by atoms with Crippen LogP contribution in [0.2, 0.25) is 0 Å². The van der Waals surface area contributed by atoms with Crippen molar-refractivity contribution in [1.82, 2.24) is 15.0 Å². The van der Waals surface area contributed by atoms with Gasteiger partial charge in [-0.05, 0) is 6.07 Å². The molecule has 0 aliphatic heterocycles. The Morgan fingerprint density at radius 3 is 2.56 bits per heavy atom. The molecule has 0 unspecified atom stereocenters. The fourth-order valence-electron chi connectivity index (χ4n) is 1.27. The van der Waals surface area contributed by atoms with Crippen LogP contribution < -0.4 is 5.32 Å². The van der Waals surface area contributed by atoms with Gasteiger partial charge in [-0.1, -0.05) is 6.07 Å². The second-order valence-corrected chi connectivity index (χ2v) is 3.63. The minimum atomic E-state index is 0.627. The molecule has 5 heteroatoms. The molecule has 1 N–H and O–H groups in total. The molecule has 82 valence electrons. The van der Waals surface area contributed by atoms with Crippen LogP contribution in [0.5, 0.6) is 0 Å². The van der Waals surface area contributed by atoms with E-state index in [-0.39, 0.29) is 0 Å². The van der Waals surface area contributed by atoms with Crippen LogP contribution in [0.15, 0.2) is 36.9 Å². The lowest BCUT2D eigenvalue weighted by Crippen LogP contribution is -2.05. The molecule has 0 saturated heterocycles. The normalized spacial score (nSPS) is 10.1. The lowest BCUT2D eigenvalue weighted by Gasteiger charge is -2.03. The second kappa shape index (κ2) is 5.46. The van der Waals surface area contributed by atoms with Crippen LogP contribution in [0.4, 0.5) is 5.95 Å². The first-order valence-electron chi connectivity index (χ1n) is 4.97. The molecule has 0 fully saturated rings. The highest BCUT2D eigenvalue weighted by atomic mass is 32.1. The predicted octanol–water partition coefficient (Wildman–Crippen LogP) is 1.88. The quantitative estimate of drug-likeness (QED) is 0.790. The lowest BCUT2D eigenvalue weighted by atomic mass is 10.2. The number of hydrogen-bond donors (Lipinski definition) is 2. The van der Waals surface area contributed by atoms with Crippen molar-refractivity contribution in [3.8, 4) is 11.1 Å². The second-order valence-electron chi connectivity index (χ2n) is 3.19. The van der Waals surface area contributed by atoms with Crippen molar-refractivity contribution in [2.45, 2.75) is 0 Å². The summed E-state index contributed by atoms with van der Waals surface area (Å²) in [6.07, 6.45) is 7.10. The summed E-state index contributed by atoms with van der Waals surface area (Å²) in [6.45, 7) is 0.759. The molecule has 2 heterocycles. The van der Waals surface area contributed by atoms with E-state index in [9.17, 15) is 0 Å². The van der Waals surface area contributed by atoms with Gasteiger partial charge in [-0.25, -0.2) is 9.97 Å². The summed E-state index contributed by atoms with van der Waals surface area (Å²) in [6, 6.07) is 3.87. The third-order valence-corrected chi connectivity index (χ3v) is 2.27. The first-order chi connectivity index (χ1) is 7.90. The largest absolute Gasteiger partial charge is 0.353 e. The van der Waals surface area contributed by atoms with E-state index in [2.05, 4.69) is 32.9 Å². The zero-order valence-corrected chi connectivity index (χ0v) is 9.56. The van der Waals surface area contributed by atoms with Crippen LogP contribution in [-0.2, 0) is 0 Å². The number of thiol groups is 1. The first-order valence-corrected chi connectivity index (χ1v) is 5.60. The Morgan fingerprint density at radius 2 is 1.94 bits per heavy atom. The third kappa shape index (κ3) is 2.70. The molecule has 4 nitrogen and oxygen atoms in total. The first kappa shape index (κ1) is 10.9. The van der Waals surface area contributed by atoms with Gasteiger partial charge in [-0.2, -0.15) is 12.6 Å². The zero-order valence-electron chi connectivity index (χ0n) is 8.67. The highest BCUT2D eigenvalue weighted by Crippen LogP contribution is 2.15. The zero-order chi connectivity index (χ0) is 11.2. The lowest BCUT2D eigenvalue weighted by molar-refractivity contribution is 1.09. The highest BCUT2D eigenvalue weighted by molar-refractivity contribution is 7.80. The predicted molar refractivity (Wildman–Crippen MR) is 67.6 cm³/mol. The fraction of sp³-hybridized carbons (Fsp3) is 0.182. The molecular formula is C11H12N4S. The molecular weight excluding hydrogens is 220 g/mol. The molecule has 0 radical (unpaired) electrons. The molecule has 0 aliphatic carbocycles. The van der Waals surface area contributed by atoms with Crippen molar-refractivity contribution in [1.29, 1.82) is 0 Å². The van der Waals surface area contributed by atoms with Gasteiger partial charge in [0.15, 0.2) is 0 Å². The van der Waals surface area contributed by atoms with Gasteiger partial charge < -0.3 is 5.32 Å². The Labute approximate surface area is 99.6 Å². The number of nitrogens with zero attached hydrogens (tertiary/aromatic N) is 3. The van der Waals surface area contributed by atoms with Gasteiger partial charge in [0.05, 0.1) is 0 Å². The molecule has 0 saturated carbocycles. The van der Waals surface area contributed by atoms with Crippen LogP contribution >= 0.6 is 12.6 Å². The summed E-state index contributed by atoms with van der Waals surface area (Å²) in [5, 5.41) is 3.06. The minimum absolute atomic E-state index is 0.627. The number of hydrogen-bond acceptors (Lipinski definition) is 5. The Kier molecular flexibility index (Phi) is 3.71. The number of anilines is 1. The van der Waals surface area contributed by atoms with E-state index in [0.29, 0.717) is 5.95 Å². The maximum Gasteiger partial charge on any atom is 0.222 e. The van der Waals surface area contributed by atoms with Gasteiger partial charge in [0, 0.05) is 48.2 Å². The molecule has 2 aromatic heterocycles. The molecule has 16 heavy (non-hydrogen) atoms. The van der Waals surface area contributed by atoms with Crippen LogP contribution in [0.3, 0.4) is 0 Å². The van der Waals surface area contributed by atoms with Gasteiger partial charge in [0.1, 0.15) is 0 Å². The average Bonchev–Trinajstić information content (AvgIpc) is 2.38. The Morgan fingerprint density at radius 1 is 1.12 bits per heavy atom. The molecule has 0 bridgehead atoms. The number of rotatable bonds is 4. The molecule has 0 amide bonds. The molecule has 2 aromatic rings. The average molecular weight is 232 g/mol. The van der Waals surface area contributed by atoms with E-state index in [1.807, 2.05) is 12.1 Å². The van der Waals surface area contributed by atoms with E-state index >= 15 is 0 Å². The summed E-state index contributed by atoms with van der Waals surface area (Å²) in [7, 11) is 0. The maximum atomic E-state index is 4.21. The van der Waals surface area contributed by atoms with Crippen molar-refractivity contribution in [3.05, 3.63) is 36.9 Å². The van der Waals surface area contributed by atoms with E-state index in [4.69, 9.17) is 0 Å².